The molecule has 0 aliphatic rings. The molecule has 0 spiro atoms. The second kappa shape index (κ2) is 5.78. The molecule has 0 fully saturated rings. The molecule has 2 aromatic heterocycles. The molecule has 2 heterocycles. The Hall–Kier alpha value is -3.62. The summed E-state index contributed by atoms with van der Waals surface area (Å²) < 4.78 is 27.9. The number of aromatic nitrogens is 5. The Labute approximate surface area is 140 Å². The van der Waals surface area contributed by atoms with Crippen LogP contribution >= 0.6 is 0 Å². The van der Waals surface area contributed by atoms with Crippen LogP contribution in [0.1, 0.15) is 0 Å². The molecule has 4 aromatic rings. The van der Waals surface area contributed by atoms with Crippen molar-refractivity contribution in [3.05, 3.63) is 60.4 Å². The maximum atomic E-state index is 13.4. The van der Waals surface area contributed by atoms with Crippen LogP contribution in [0.25, 0.3) is 16.9 Å². The lowest BCUT2D eigenvalue weighted by Gasteiger charge is -2.11. The topological polar surface area (TPSA) is 94.5 Å². The molecule has 3 N–H and O–H groups in total. The van der Waals surface area contributed by atoms with E-state index in [9.17, 15) is 8.78 Å². The molecule has 25 heavy (non-hydrogen) atoms. The van der Waals surface area contributed by atoms with Crippen LogP contribution in [-0.2, 0) is 0 Å². The van der Waals surface area contributed by atoms with Crippen molar-refractivity contribution in [2.75, 3.05) is 11.1 Å². The van der Waals surface area contributed by atoms with Gasteiger partial charge in [-0.05, 0) is 24.3 Å². The highest BCUT2D eigenvalue weighted by molar-refractivity contribution is 5.80. The highest BCUT2D eigenvalue weighted by atomic mass is 19.2. The van der Waals surface area contributed by atoms with Gasteiger partial charge >= 0.3 is 0 Å². The van der Waals surface area contributed by atoms with Crippen molar-refractivity contribution in [3.8, 4) is 5.82 Å². The van der Waals surface area contributed by atoms with Gasteiger partial charge in [-0.15, -0.1) is 5.10 Å². The molecule has 4 rings (SSSR count). The minimum absolute atomic E-state index is 0.197. The van der Waals surface area contributed by atoms with Gasteiger partial charge in [0.05, 0.1) is 5.52 Å². The van der Waals surface area contributed by atoms with Crippen LogP contribution in [0.15, 0.2) is 48.8 Å². The summed E-state index contributed by atoms with van der Waals surface area (Å²) in [4.78, 5) is 8.21. The van der Waals surface area contributed by atoms with Gasteiger partial charge in [-0.1, -0.05) is 17.3 Å². The molecule has 124 valence electrons. The zero-order valence-electron chi connectivity index (χ0n) is 12.7. The molecular weight excluding hydrogens is 328 g/mol. The number of nitrogens with zero attached hydrogens (tertiary/aromatic N) is 5. The number of nitrogen functional groups attached to an aromatic ring is 1. The van der Waals surface area contributed by atoms with Gasteiger partial charge in [0, 0.05) is 11.8 Å². The van der Waals surface area contributed by atoms with Crippen molar-refractivity contribution >= 4 is 28.2 Å². The minimum Gasteiger partial charge on any atom is -0.393 e. The fraction of sp³-hybridized carbons (Fsp3) is 0. The third kappa shape index (κ3) is 2.61. The number of nitrogens with one attached hydrogen (secondary N) is 1. The van der Waals surface area contributed by atoms with Gasteiger partial charge in [-0.3, -0.25) is 0 Å². The molecule has 0 unspecified atom stereocenters. The number of nitrogens with two attached hydrogens (primary N) is 1. The van der Waals surface area contributed by atoms with E-state index in [2.05, 4.69) is 25.6 Å². The lowest BCUT2D eigenvalue weighted by atomic mass is 10.3. The Morgan fingerprint density at radius 1 is 1.00 bits per heavy atom. The second-order valence-corrected chi connectivity index (χ2v) is 5.20. The number of anilines is 3. The van der Waals surface area contributed by atoms with Crippen LogP contribution in [0.5, 0.6) is 0 Å². The minimum atomic E-state index is -0.972. The zero-order chi connectivity index (χ0) is 17.4. The van der Waals surface area contributed by atoms with E-state index in [1.165, 1.54) is 17.1 Å². The van der Waals surface area contributed by atoms with Gasteiger partial charge < -0.3 is 11.1 Å². The van der Waals surface area contributed by atoms with E-state index in [0.29, 0.717) is 17.0 Å². The number of halogens is 2. The standard InChI is InChI=1S/C16H11F2N7/c17-10-6-5-9(7-11(10)18)22-15-14(19)16(21-8-20-15)25-13-4-2-1-3-12(13)23-24-25/h1-8H,19H2,(H,20,21,22). The first-order chi connectivity index (χ1) is 12.1. The number of hydrogen-bond donors (Lipinski definition) is 2. The van der Waals surface area contributed by atoms with E-state index in [1.807, 2.05) is 24.3 Å². The molecule has 2 aromatic carbocycles. The summed E-state index contributed by atoms with van der Waals surface area (Å²) >= 11 is 0. The van der Waals surface area contributed by atoms with Gasteiger partial charge in [-0.2, -0.15) is 4.68 Å². The van der Waals surface area contributed by atoms with E-state index >= 15 is 0 Å². The fourth-order valence-corrected chi connectivity index (χ4v) is 2.39. The summed E-state index contributed by atoms with van der Waals surface area (Å²) in [5.41, 5.74) is 8.06. The molecule has 0 saturated heterocycles. The maximum Gasteiger partial charge on any atom is 0.184 e. The number of rotatable bonds is 3. The lowest BCUT2D eigenvalue weighted by Crippen LogP contribution is -2.08. The second-order valence-electron chi connectivity index (χ2n) is 5.20. The van der Waals surface area contributed by atoms with Crippen molar-refractivity contribution in [1.29, 1.82) is 0 Å². The third-order valence-electron chi connectivity index (χ3n) is 3.60. The Morgan fingerprint density at radius 2 is 1.84 bits per heavy atom. The third-order valence-corrected chi connectivity index (χ3v) is 3.60. The monoisotopic (exact) mass is 339 g/mol. The van der Waals surface area contributed by atoms with Crippen LogP contribution in [0.2, 0.25) is 0 Å². The van der Waals surface area contributed by atoms with Gasteiger partial charge in [0.25, 0.3) is 0 Å². The normalized spacial score (nSPS) is 11.0. The Bertz CT molecular complexity index is 1080. The summed E-state index contributed by atoms with van der Waals surface area (Å²) in [7, 11) is 0. The molecule has 0 saturated carbocycles. The first kappa shape index (κ1) is 14.9. The number of fused-ring (bicyclic) bond motifs is 1. The largest absolute Gasteiger partial charge is 0.393 e. The van der Waals surface area contributed by atoms with Crippen LogP contribution in [0, 0.1) is 11.6 Å². The summed E-state index contributed by atoms with van der Waals surface area (Å²) in [6, 6.07) is 10.8. The van der Waals surface area contributed by atoms with Crippen molar-refractivity contribution in [2.24, 2.45) is 0 Å². The van der Waals surface area contributed by atoms with Gasteiger partial charge in [0.15, 0.2) is 23.3 Å². The first-order valence-corrected chi connectivity index (χ1v) is 7.27. The SMILES string of the molecule is Nc1c(Nc2ccc(F)c(F)c2)ncnc1-n1nnc2ccccc21. The van der Waals surface area contributed by atoms with E-state index in [-0.39, 0.29) is 11.5 Å². The van der Waals surface area contributed by atoms with Gasteiger partial charge in [0.2, 0.25) is 0 Å². The smallest absolute Gasteiger partial charge is 0.184 e. The highest BCUT2D eigenvalue weighted by Crippen LogP contribution is 2.27. The summed E-state index contributed by atoms with van der Waals surface area (Å²) in [5.74, 6) is -1.33. The van der Waals surface area contributed by atoms with E-state index < -0.39 is 11.6 Å². The van der Waals surface area contributed by atoms with Crippen LogP contribution < -0.4 is 11.1 Å². The molecule has 7 nitrogen and oxygen atoms in total. The lowest BCUT2D eigenvalue weighted by molar-refractivity contribution is 0.509. The zero-order valence-corrected chi connectivity index (χ0v) is 12.7. The van der Waals surface area contributed by atoms with Gasteiger partial charge in [0.1, 0.15) is 17.5 Å². The number of para-hydroxylation sites is 1. The van der Waals surface area contributed by atoms with E-state index in [1.54, 1.807) is 0 Å². The van der Waals surface area contributed by atoms with Gasteiger partial charge in [-0.25, -0.2) is 18.7 Å². The molecule has 0 bridgehead atoms. The average Bonchev–Trinajstić information content (AvgIpc) is 3.04. The fourth-order valence-electron chi connectivity index (χ4n) is 2.39. The molecule has 0 amide bonds. The Kier molecular flexibility index (Phi) is 3.46. The summed E-state index contributed by atoms with van der Waals surface area (Å²) in [5, 5.41) is 11.0. The van der Waals surface area contributed by atoms with Crippen LogP contribution in [-0.4, -0.2) is 25.0 Å². The predicted octanol–water partition coefficient (Wildman–Crippen LogP) is 2.81. The Morgan fingerprint density at radius 3 is 2.68 bits per heavy atom. The Balaban J connectivity index is 1.76. The number of benzene rings is 2. The predicted molar refractivity (Wildman–Crippen MR) is 88.5 cm³/mol. The highest BCUT2D eigenvalue weighted by Gasteiger charge is 2.14. The van der Waals surface area contributed by atoms with Crippen molar-refractivity contribution in [3.63, 3.8) is 0 Å². The summed E-state index contributed by atoms with van der Waals surface area (Å²) in [6.45, 7) is 0. The molecule has 9 heteroatoms. The molecule has 0 atom stereocenters. The van der Waals surface area contributed by atoms with Crippen LogP contribution in [0.3, 0.4) is 0 Å². The molecular formula is C16H11F2N7. The molecule has 0 aliphatic heterocycles. The van der Waals surface area contributed by atoms with Crippen LogP contribution in [0.4, 0.5) is 26.0 Å². The van der Waals surface area contributed by atoms with Crippen molar-refractivity contribution in [2.45, 2.75) is 0 Å². The van der Waals surface area contributed by atoms with E-state index in [0.717, 1.165) is 17.6 Å². The molecule has 0 aliphatic carbocycles. The first-order valence-electron chi connectivity index (χ1n) is 7.27. The quantitative estimate of drug-likeness (QED) is 0.596. The van der Waals surface area contributed by atoms with Crippen molar-refractivity contribution in [1.82, 2.24) is 25.0 Å². The summed E-state index contributed by atoms with van der Waals surface area (Å²) in [6.07, 6.45) is 1.30. The number of hydrogen-bond acceptors (Lipinski definition) is 6. The maximum absolute atomic E-state index is 13.4. The average molecular weight is 339 g/mol. The molecule has 0 radical (unpaired) electrons. The van der Waals surface area contributed by atoms with E-state index in [4.69, 9.17) is 5.73 Å². The van der Waals surface area contributed by atoms with Crippen molar-refractivity contribution < 1.29 is 8.78 Å².